The smallest absolute Gasteiger partial charge is 0.381 e. The van der Waals surface area contributed by atoms with Gasteiger partial charge >= 0.3 is 6.72 Å². The average Bonchev–Trinajstić information content (AvgIpc) is 2.57. The van der Waals surface area contributed by atoms with E-state index in [2.05, 4.69) is 0 Å². The monoisotopic (exact) mass is 354 g/mol. The highest BCUT2D eigenvalue weighted by Crippen LogP contribution is 2.54. The van der Waals surface area contributed by atoms with Crippen molar-refractivity contribution in [3.05, 3.63) is 30.3 Å². The lowest BCUT2D eigenvalue weighted by molar-refractivity contribution is 0.0779. The summed E-state index contributed by atoms with van der Waals surface area (Å²) in [6.07, 6.45) is 12.2. The molecule has 0 amide bonds. The number of rotatable bonds is 6. The second-order valence-corrected chi connectivity index (χ2v) is 9.42. The van der Waals surface area contributed by atoms with Crippen LogP contribution in [-0.2, 0) is 20.9 Å². The van der Waals surface area contributed by atoms with E-state index in [1.165, 1.54) is 38.5 Å². The summed E-state index contributed by atoms with van der Waals surface area (Å²) in [6.45, 7) is -2.74. The maximum atomic E-state index is 6.27. The second-order valence-electron chi connectivity index (χ2n) is 6.58. The molecular weight excluding hydrogens is 327 g/mol. The summed E-state index contributed by atoms with van der Waals surface area (Å²) in [5.74, 6) is 0.752. The Morgan fingerprint density at radius 2 is 1.22 bits per heavy atom. The molecule has 0 spiro atoms. The van der Waals surface area contributed by atoms with Crippen LogP contribution in [0.4, 0.5) is 0 Å². The van der Waals surface area contributed by atoms with Gasteiger partial charge in [-0.15, -0.1) is 0 Å². The molecule has 1 aromatic carbocycles. The Bertz CT molecular complexity index is 486. The molecule has 0 unspecified atom stereocenters. The molecule has 0 aromatic heterocycles. The Kier molecular flexibility index (Phi) is 6.52. The molecule has 128 valence electrons. The van der Waals surface area contributed by atoms with Gasteiger partial charge in [-0.2, -0.15) is 0 Å². The normalized spacial score (nSPS) is 21.2. The SMILES string of the molecule is S=P(Oc1ccccc1)(OC1CCCCC1)OC1CCCCC1. The van der Waals surface area contributed by atoms with Gasteiger partial charge in [-0.05, 0) is 37.8 Å². The third-order valence-corrected chi connectivity index (χ3v) is 6.91. The lowest BCUT2D eigenvalue weighted by Crippen LogP contribution is -2.22. The van der Waals surface area contributed by atoms with Crippen LogP contribution in [-0.4, -0.2) is 12.2 Å². The van der Waals surface area contributed by atoms with Gasteiger partial charge in [0.25, 0.3) is 0 Å². The highest BCUT2D eigenvalue weighted by molar-refractivity contribution is 8.07. The summed E-state index contributed by atoms with van der Waals surface area (Å²) < 4.78 is 18.6. The van der Waals surface area contributed by atoms with Crippen LogP contribution in [0.1, 0.15) is 64.2 Å². The second kappa shape index (κ2) is 8.62. The van der Waals surface area contributed by atoms with Gasteiger partial charge in [0.2, 0.25) is 0 Å². The highest BCUT2D eigenvalue weighted by atomic mass is 32.5. The van der Waals surface area contributed by atoms with Crippen LogP contribution < -0.4 is 4.52 Å². The van der Waals surface area contributed by atoms with E-state index in [1.54, 1.807) is 0 Å². The molecule has 0 radical (unpaired) electrons. The van der Waals surface area contributed by atoms with E-state index in [9.17, 15) is 0 Å². The first-order valence-electron chi connectivity index (χ1n) is 8.95. The van der Waals surface area contributed by atoms with Crippen molar-refractivity contribution in [2.75, 3.05) is 0 Å². The molecule has 1 aromatic rings. The fraction of sp³-hybridized carbons (Fsp3) is 0.667. The molecule has 0 saturated heterocycles. The molecule has 2 saturated carbocycles. The predicted octanol–water partition coefficient (Wildman–Crippen LogP) is 5.99. The van der Waals surface area contributed by atoms with Crippen LogP contribution in [0, 0.1) is 0 Å². The molecular formula is C18H27O3PS. The minimum Gasteiger partial charge on any atom is -0.424 e. The van der Waals surface area contributed by atoms with E-state index in [0.717, 1.165) is 31.4 Å². The summed E-state index contributed by atoms with van der Waals surface area (Å²) >= 11 is 5.79. The van der Waals surface area contributed by atoms with Crippen LogP contribution in [0.15, 0.2) is 30.3 Å². The zero-order valence-electron chi connectivity index (χ0n) is 13.7. The molecule has 3 nitrogen and oxygen atoms in total. The molecule has 0 aliphatic heterocycles. The Balaban J connectivity index is 1.69. The van der Waals surface area contributed by atoms with Crippen molar-refractivity contribution in [2.45, 2.75) is 76.4 Å². The van der Waals surface area contributed by atoms with Crippen LogP contribution in [0.3, 0.4) is 0 Å². The fourth-order valence-corrected chi connectivity index (χ4v) is 6.04. The minimum absolute atomic E-state index is 0.196. The summed E-state index contributed by atoms with van der Waals surface area (Å²) in [5.41, 5.74) is 0. The van der Waals surface area contributed by atoms with Gasteiger partial charge in [0, 0.05) is 11.8 Å². The van der Waals surface area contributed by atoms with Crippen molar-refractivity contribution in [3.63, 3.8) is 0 Å². The molecule has 3 rings (SSSR count). The van der Waals surface area contributed by atoms with Gasteiger partial charge in [0.15, 0.2) is 0 Å². The zero-order chi connectivity index (χ0) is 16.0. The Morgan fingerprint density at radius 3 is 1.70 bits per heavy atom. The quantitative estimate of drug-likeness (QED) is 0.587. The zero-order valence-corrected chi connectivity index (χ0v) is 15.4. The first-order valence-corrected chi connectivity index (χ1v) is 11.5. The summed E-state index contributed by atoms with van der Waals surface area (Å²) in [5, 5.41) is 0. The summed E-state index contributed by atoms with van der Waals surface area (Å²) in [6, 6.07) is 9.73. The number of hydrogen-bond acceptors (Lipinski definition) is 4. The fourth-order valence-electron chi connectivity index (χ4n) is 3.38. The van der Waals surface area contributed by atoms with E-state index >= 15 is 0 Å². The van der Waals surface area contributed by atoms with Gasteiger partial charge in [0.1, 0.15) is 5.75 Å². The maximum absolute atomic E-state index is 6.27. The van der Waals surface area contributed by atoms with E-state index in [1.807, 2.05) is 30.3 Å². The van der Waals surface area contributed by atoms with Gasteiger partial charge in [-0.1, -0.05) is 56.7 Å². The molecule has 2 aliphatic rings. The van der Waals surface area contributed by atoms with E-state index < -0.39 is 6.72 Å². The standard InChI is InChI=1S/C18H27O3PS/c23-22(19-16-10-4-1-5-11-16,20-17-12-6-2-7-13-17)21-18-14-8-3-9-15-18/h1,4-5,10-11,17-18H,2-3,6-9,12-15H2. The van der Waals surface area contributed by atoms with Crippen LogP contribution in [0.25, 0.3) is 0 Å². The Labute approximate surface area is 145 Å². The van der Waals surface area contributed by atoms with Crippen LogP contribution >= 0.6 is 6.72 Å². The summed E-state index contributed by atoms with van der Waals surface area (Å²) in [4.78, 5) is 0. The molecule has 2 fully saturated rings. The lowest BCUT2D eigenvalue weighted by Gasteiger charge is -2.33. The Hall–Kier alpha value is -0.410. The van der Waals surface area contributed by atoms with Gasteiger partial charge < -0.3 is 4.52 Å². The molecule has 5 heteroatoms. The third kappa shape index (κ3) is 5.56. The number of para-hydroxylation sites is 1. The van der Waals surface area contributed by atoms with E-state index in [4.69, 9.17) is 25.4 Å². The van der Waals surface area contributed by atoms with E-state index in [-0.39, 0.29) is 12.2 Å². The van der Waals surface area contributed by atoms with Crippen LogP contribution in [0.2, 0.25) is 0 Å². The number of benzene rings is 1. The van der Waals surface area contributed by atoms with Crippen molar-refractivity contribution >= 4 is 18.5 Å². The van der Waals surface area contributed by atoms with Gasteiger partial charge in [-0.3, -0.25) is 9.05 Å². The average molecular weight is 354 g/mol. The van der Waals surface area contributed by atoms with Crippen LogP contribution in [0.5, 0.6) is 5.75 Å². The predicted molar refractivity (Wildman–Crippen MR) is 97.3 cm³/mol. The lowest BCUT2D eigenvalue weighted by atomic mass is 9.98. The molecule has 0 atom stereocenters. The third-order valence-electron chi connectivity index (χ3n) is 4.62. The highest BCUT2D eigenvalue weighted by Gasteiger charge is 2.32. The first-order chi connectivity index (χ1) is 11.2. The largest absolute Gasteiger partial charge is 0.424 e. The molecule has 0 N–H and O–H groups in total. The molecule has 2 aliphatic carbocycles. The van der Waals surface area contributed by atoms with Gasteiger partial charge in [0.05, 0.1) is 12.2 Å². The van der Waals surface area contributed by atoms with Crippen molar-refractivity contribution in [2.24, 2.45) is 0 Å². The molecule has 0 bridgehead atoms. The maximum Gasteiger partial charge on any atom is 0.381 e. The van der Waals surface area contributed by atoms with Crippen molar-refractivity contribution in [3.8, 4) is 5.75 Å². The summed E-state index contributed by atoms with van der Waals surface area (Å²) in [7, 11) is 0. The van der Waals surface area contributed by atoms with Crippen molar-refractivity contribution < 1.29 is 13.6 Å². The first kappa shape index (κ1) is 17.4. The van der Waals surface area contributed by atoms with E-state index in [0.29, 0.717) is 0 Å². The molecule has 23 heavy (non-hydrogen) atoms. The van der Waals surface area contributed by atoms with Crippen molar-refractivity contribution in [1.82, 2.24) is 0 Å². The number of hydrogen-bond donors (Lipinski definition) is 0. The minimum atomic E-state index is -2.74. The molecule has 0 heterocycles. The Morgan fingerprint density at radius 1 is 0.739 bits per heavy atom. The van der Waals surface area contributed by atoms with Gasteiger partial charge in [-0.25, -0.2) is 0 Å². The topological polar surface area (TPSA) is 27.7 Å². The van der Waals surface area contributed by atoms with Crippen molar-refractivity contribution in [1.29, 1.82) is 0 Å².